The number of hydrogen-bond donors (Lipinski definition) is 1. The smallest absolute Gasteiger partial charge is 0.258 e. The first-order chi connectivity index (χ1) is 11.0. The molecule has 1 N–H and O–H groups in total. The van der Waals surface area contributed by atoms with Gasteiger partial charge in [0.25, 0.3) is 10.0 Å². The highest BCUT2D eigenvalue weighted by Crippen LogP contribution is 2.27. The Morgan fingerprint density at radius 3 is 2.70 bits per heavy atom. The van der Waals surface area contributed by atoms with Gasteiger partial charge < -0.3 is 4.90 Å². The Morgan fingerprint density at radius 2 is 2.04 bits per heavy atom. The minimum Gasteiger partial charge on any atom is -0.302 e. The zero-order valence-electron chi connectivity index (χ0n) is 12.7. The number of hydrogen-bond acceptors (Lipinski definition) is 5. The molecular formula is C15H18BrN3O2S2. The Labute approximate surface area is 148 Å². The van der Waals surface area contributed by atoms with Gasteiger partial charge in [-0.15, -0.1) is 11.3 Å². The van der Waals surface area contributed by atoms with Crippen LogP contribution in [0.4, 0.5) is 0 Å². The van der Waals surface area contributed by atoms with Crippen molar-refractivity contribution < 1.29 is 8.42 Å². The van der Waals surface area contributed by atoms with Gasteiger partial charge in [-0.2, -0.15) is 0 Å². The summed E-state index contributed by atoms with van der Waals surface area (Å²) in [4.78, 5) is 6.46. The molecule has 1 aromatic heterocycles. The van der Waals surface area contributed by atoms with E-state index in [-0.39, 0.29) is 5.03 Å². The molecular weight excluding hydrogens is 398 g/mol. The van der Waals surface area contributed by atoms with Crippen molar-refractivity contribution in [2.45, 2.75) is 23.9 Å². The number of benzene rings is 1. The molecule has 0 saturated heterocycles. The molecule has 0 amide bonds. The highest BCUT2D eigenvalue weighted by atomic mass is 79.9. The number of nitrogens with one attached hydrogen (secondary N) is 1. The number of likely N-dealkylation sites (N-methyl/N-ethyl adjacent to an activating group) is 1. The first-order valence-corrected chi connectivity index (χ1v) is 10.5. The standard InChI is InChI=1S/C15H18BrN3O2S2/c1-19(13-6-7-13)9-8-17-23(20,21)14-10-22-15(18-14)11-2-4-12(16)5-3-11/h2-5,10,13,17H,6-9H2,1H3. The lowest BCUT2D eigenvalue weighted by atomic mass is 10.2. The average molecular weight is 416 g/mol. The summed E-state index contributed by atoms with van der Waals surface area (Å²) in [5.74, 6) is 0. The second kappa shape index (κ2) is 6.98. The normalized spacial score (nSPS) is 15.3. The molecule has 1 fully saturated rings. The van der Waals surface area contributed by atoms with Gasteiger partial charge in [0.15, 0.2) is 5.03 Å². The molecule has 1 aliphatic rings. The summed E-state index contributed by atoms with van der Waals surface area (Å²) >= 11 is 4.72. The van der Waals surface area contributed by atoms with Crippen LogP contribution < -0.4 is 4.72 Å². The summed E-state index contributed by atoms with van der Waals surface area (Å²) in [5.41, 5.74) is 0.910. The van der Waals surface area contributed by atoms with Crippen LogP contribution in [0.1, 0.15) is 12.8 Å². The van der Waals surface area contributed by atoms with E-state index in [1.807, 2.05) is 31.3 Å². The fourth-order valence-corrected chi connectivity index (χ4v) is 4.62. The molecule has 0 unspecified atom stereocenters. The Kier molecular flexibility index (Phi) is 5.17. The topological polar surface area (TPSA) is 62.3 Å². The zero-order chi connectivity index (χ0) is 16.4. The molecule has 0 radical (unpaired) electrons. The fraction of sp³-hybridized carbons (Fsp3) is 0.400. The van der Waals surface area contributed by atoms with Gasteiger partial charge in [0.1, 0.15) is 5.01 Å². The SMILES string of the molecule is CN(CCNS(=O)(=O)c1csc(-c2ccc(Br)cc2)n1)C1CC1. The molecule has 3 rings (SSSR count). The Morgan fingerprint density at radius 1 is 1.35 bits per heavy atom. The Balaban J connectivity index is 1.64. The van der Waals surface area contributed by atoms with Gasteiger partial charge in [-0.1, -0.05) is 28.1 Å². The van der Waals surface area contributed by atoms with Crippen molar-refractivity contribution in [3.8, 4) is 10.6 Å². The van der Waals surface area contributed by atoms with Gasteiger partial charge >= 0.3 is 0 Å². The van der Waals surface area contributed by atoms with Crippen LogP contribution in [0.5, 0.6) is 0 Å². The lowest BCUT2D eigenvalue weighted by molar-refractivity contribution is 0.329. The van der Waals surface area contributed by atoms with Crippen molar-refractivity contribution in [1.29, 1.82) is 0 Å². The summed E-state index contributed by atoms with van der Waals surface area (Å²) in [7, 11) is -1.51. The fourth-order valence-electron chi connectivity index (χ4n) is 2.24. The molecule has 2 aromatic rings. The Bertz CT molecular complexity index is 770. The third-order valence-electron chi connectivity index (χ3n) is 3.78. The molecule has 1 heterocycles. The van der Waals surface area contributed by atoms with E-state index < -0.39 is 10.0 Å². The van der Waals surface area contributed by atoms with E-state index >= 15 is 0 Å². The number of aromatic nitrogens is 1. The van der Waals surface area contributed by atoms with Gasteiger partial charge in [-0.3, -0.25) is 0 Å². The quantitative estimate of drug-likeness (QED) is 0.754. The van der Waals surface area contributed by atoms with Gasteiger partial charge in [0.2, 0.25) is 0 Å². The summed E-state index contributed by atoms with van der Waals surface area (Å²) in [6, 6.07) is 8.28. The van der Waals surface area contributed by atoms with Crippen LogP contribution in [0.25, 0.3) is 10.6 Å². The summed E-state index contributed by atoms with van der Waals surface area (Å²) in [5, 5.41) is 2.38. The predicted molar refractivity (Wildman–Crippen MR) is 96.1 cm³/mol. The van der Waals surface area contributed by atoms with E-state index in [0.29, 0.717) is 24.1 Å². The largest absolute Gasteiger partial charge is 0.302 e. The van der Waals surface area contributed by atoms with Crippen molar-refractivity contribution >= 4 is 37.3 Å². The minimum absolute atomic E-state index is 0.0921. The molecule has 0 aliphatic heterocycles. The van der Waals surface area contributed by atoms with E-state index in [1.165, 1.54) is 24.2 Å². The lowest BCUT2D eigenvalue weighted by Gasteiger charge is -2.15. The van der Waals surface area contributed by atoms with Gasteiger partial charge in [0.05, 0.1) is 0 Å². The van der Waals surface area contributed by atoms with E-state index in [0.717, 1.165) is 10.0 Å². The Hall–Kier alpha value is -0.800. The molecule has 8 heteroatoms. The van der Waals surface area contributed by atoms with E-state index in [2.05, 4.69) is 30.5 Å². The number of thiazole rings is 1. The molecule has 124 valence electrons. The highest BCUT2D eigenvalue weighted by molar-refractivity contribution is 9.10. The van der Waals surface area contributed by atoms with Gasteiger partial charge in [-0.05, 0) is 32.0 Å². The van der Waals surface area contributed by atoms with Crippen LogP contribution in [0.2, 0.25) is 0 Å². The number of sulfonamides is 1. The molecule has 0 bridgehead atoms. The highest BCUT2D eigenvalue weighted by Gasteiger charge is 2.26. The van der Waals surface area contributed by atoms with Crippen molar-refractivity contribution in [3.05, 3.63) is 34.1 Å². The van der Waals surface area contributed by atoms with Crippen LogP contribution >= 0.6 is 27.3 Å². The molecule has 0 spiro atoms. The van der Waals surface area contributed by atoms with Crippen molar-refractivity contribution in [2.24, 2.45) is 0 Å². The maximum absolute atomic E-state index is 12.3. The molecule has 1 saturated carbocycles. The summed E-state index contributed by atoms with van der Waals surface area (Å²) < 4.78 is 28.2. The van der Waals surface area contributed by atoms with Crippen molar-refractivity contribution in [3.63, 3.8) is 0 Å². The van der Waals surface area contributed by atoms with E-state index in [4.69, 9.17) is 0 Å². The molecule has 0 atom stereocenters. The third kappa shape index (κ3) is 4.39. The zero-order valence-corrected chi connectivity index (χ0v) is 15.9. The van der Waals surface area contributed by atoms with E-state index in [1.54, 1.807) is 5.38 Å². The molecule has 5 nitrogen and oxygen atoms in total. The number of nitrogens with zero attached hydrogens (tertiary/aromatic N) is 2. The van der Waals surface area contributed by atoms with E-state index in [9.17, 15) is 8.42 Å². The molecule has 23 heavy (non-hydrogen) atoms. The first kappa shape index (κ1) is 17.0. The number of halogens is 1. The van der Waals surface area contributed by atoms with Gasteiger partial charge in [-0.25, -0.2) is 18.1 Å². The maximum atomic E-state index is 12.3. The van der Waals surface area contributed by atoms with Crippen molar-refractivity contribution in [1.82, 2.24) is 14.6 Å². The molecule has 1 aliphatic carbocycles. The predicted octanol–water partition coefficient (Wildman–Crippen LogP) is 2.95. The van der Waals surface area contributed by atoms with Crippen LogP contribution in [0.15, 0.2) is 39.1 Å². The second-order valence-electron chi connectivity index (χ2n) is 5.61. The van der Waals surface area contributed by atoms with Crippen molar-refractivity contribution in [2.75, 3.05) is 20.1 Å². The van der Waals surface area contributed by atoms with Crippen LogP contribution in [-0.2, 0) is 10.0 Å². The van der Waals surface area contributed by atoms with Gasteiger partial charge in [0, 0.05) is 34.5 Å². The van der Waals surface area contributed by atoms with Crippen LogP contribution in [-0.4, -0.2) is 44.5 Å². The monoisotopic (exact) mass is 415 g/mol. The summed E-state index contributed by atoms with van der Waals surface area (Å²) in [6.07, 6.45) is 2.43. The minimum atomic E-state index is -3.54. The molecule has 1 aromatic carbocycles. The van der Waals surface area contributed by atoms with Crippen LogP contribution in [0.3, 0.4) is 0 Å². The lowest BCUT2D eigenvalue weighted by Crippen LogP contribution is -2.34. The third-order valence-corrected chi connectivity index (χ3v) is 6.69. The van der Waals surface area contributed by atoms with Crippen LogP contribution in [0, 0.1) is 0 Å². The average Bonchev–Trinajstić information content (AvgIpc) is 3.24. The number of rotatable bonds is 7. The second-order valence-corrected chi connectivity index (χ2v) is 9.09. The maximum Gasteiger partial charge on any atom is 0.258 e. The summed E-state index contributed by atoms with van der Waals surface area (Å²) in [6.45, 7) is 1.12. The first-order valence-electron chi connectivity index (χ1n) is 7.37.